The summed E-state index contributed by atoms with van der Waals surface area (Å²) in [6, 6.07) is 9.90. The van der Waals surface area contributed by atoms with Crippen LogP contribution >= 0.6 is 0 Å². The van der Waals surface area contributed by atoms with Gasteiger partial charge in [-0.15, -0.1) is 5.92 Å². The van der Waals surface area contributed by atoms with Gasteiger partial charge < -0.3 is 4.74 Å². The van der Waals surface area contributed by atoms with Crippen molar-refractivity contribution in [3.63, 3.8) is 0 Å². The fourth-order valence-electron chi connectivity index (χ4n) is 3.74. The van der Waals surface area contributed by atoms with Gasteiger partial charge in [0.25, 0.3) is 0 Å². The predicted molar refractivity (Wildman–Crippen MR) is 104 cm³/mol. The van der Waals surface area contributed by atoms with Crippen molar-refractivity contribution in [3.05, 3.63) is 70.2 Å². The highest BCUT2D eigenvalue weighted by atomic mass is 16.5. The van der Waals surface area contributed by atoms with Crippen molar-refractivity contribution in [2.75, 3.05) is 7.11 Å². The van der Waals surface area contributed by atoms with Crippen LogP contribution in [0.15, 0.2) is 42.3 Å². The third kappa shape index (κ3) is 3.41. The quantitative estimate of drug-likeness (QED) is 0.765. The van der Waals surface area contributed by atoms with Crippen LogP contribution in [0.2, 0.25) is 0 Å². The number of rotatable bonds is 3. The number of nitrogens with zero attached hydrogens (tertiary/aromatic N) is 1. The van der Waals surface area contributed by atoms with E-state index in [0.717, 1.165) is 33.7 Å². The average molecular weight is 345 g/mol. The van der Waals surface area contributed by atoms with Crippen LogP contribution in [0, 0.1) is 25.7 Å². The monoisotopic (exact) mass is 345 g/mol. The van der Waals surface area contributed by atoms with Gasteiger partial charge in [0.15, 0.2) is 5.78 Å². The summed E-state index contributed by atoms with van der Waals surface area (Å²) in [6.45, 7) is 5.88. The molecule has 1 unspecified atom stereocenters. The zero-order chi connectivity index (χ0) is 18.7. The molecular weight excluding hydrogens is 322 g/mol. The van der Waals surface area contributed by atoms with E-state index in [1.165, 1.54) is 0 Å². The lowest BCUT2D eigenvalue weighted by molar-refractivity contribution is -0.114. The topological polar surface area (TPSA) is 39.2 Å². The fraction of sp³-hybridized carbons (Fsp3) is 0.304. The lowest BCUT2D eigenvalue weighted by atomic mass is 9.80. The number of benzene rings is 1. The van der Waals surface area contributed by atoms with Crippen LogP contribution < -0.4 is 0 Å². The summed E-state index contributed by atoms with van der Waals surface area (Å²) in [7, 11) is 1.64. The van der Waals surface area contributed by atoms with E-state index in [1.807, 2.05) is 51.1 Å². The molecule has 1 heterocycles. The summed E-state index contributed by atoms with van der Waals surface area (Å²) >= 11 is 0. The maximum Gasteiger partial charge on any atom is 0.167 e. The van der Waals surface area contributed by atoms with Crippen LogP contribution in [0.3, 0.4) is 0 Å². The summed E-state index contributed by atoms with van der Waals surface area (Å²) in [5, 5.41) is 0. The van der Waals surface area contributed by atoms with Crippen LogP contribution in [0.25, 0.3) is 5.57 Å². The molecule has 1 aliphatic rings. The molecule has 3 rings (SSSR count). The van der Waals surface area contributed by atoms with E-state index in [4.69, 9.17) is 4.74 Å². The smallest absolute Gasteiger partial charge is 0.167 e. The van der Waals surface area contributed by atoms with Crippen LogP contribution in [-0.2, 0) is 9.53 Å². The molecule has 0 aliphatic heterocycles. The second kappa shape index (κ2) is 7.58. The maximum absolute atomic E-state index is 13.1. The molecule has 0 fully saturated rings. The first kappa shape index (κ1) is 17.9. The van der Waals surface area contributed by atoms with E-state index >= 15 is 0 Å². The Bertz CT molecular complexity index is 907. The van der Waals surface area contributed by atoms with Gasteiger partial charge in [-0.2, -0.15) is 0 Å². The Kier molecular flexibility index (Phi) is 5.23. The van der Waals surface area contributed by atoms with Crippen molar-refractivity contribution in [2.45, 2.75) is 39.5 Å². The summed E-state index contributed by atoms with van der Waals surface area (Å²) in [5.74, 6) is 6.95. The Labute approximate surface area is 155 Å². The van der Waals surface area contributed by atoms with Crippen LogP contribution in [0.4, 0.5) is 0 Å². The minimum atomic E-state index is 0.0632. The molecule has 0 spiro atoms. The minimum Gasteiger partial charge on any atom is -0.500 e. The zero-order valence-corrected chi connectivity index (χ0v) is 15.7. The molecule has 1 aromatic carbocycles. The standard InChI is InChI=1S/C23H23NO2/c1-5-8-17-11-15(2)22(16(3)12-17)23-20(25)13-18(14-21(23)26-4)19-9-6-7-10-24-19/h6-7,9-12,18H,13-14H2,1-4H3. The number of ketones is 1. The number of aryl methyl sites for hydroxylation is 2. The van der Waals surface area contributed by atoms with Crippen LogP contribution in [0.1, 0.15) is 53.6 Å². The summed E-state index contributed by atoms with van der Waals surface area (Å²) in [4.78, 5) is 17.5. The van der Waals surface area contributed by atoms with E-state index in [9.17, 15) is 4.79 Å². The number of Topliss-reactive ketones (excluding diaryl/α,β-unsaturated/α-hetero) is 1. The molecule has 1 atom stereocenters. The van der Waals surface area contributed by atoms with Crippen molar-refractivity contribution in [3.8, 4) is 11.8 Å². The van der Waals surface area contributed by atoms with Crippen LogP contribution in [-0.4, -0.2) is 17.9 Å². The minimum absolute atomic E-state index is 0.0632. The largest absolute Gasteiger partial charge is 0.500 e. The summed E-state index contributed by atoms with van der Waals surface area (Å²) in [5.41, 5.74) is 5.71. The summed E-state index contributed by atoms with van der Waals surface area (Å²) in [6.07, 6.45) is 2.91. The molecule has 3 nitrogen and oxygen atoms in total. The highest BCUT2D eigenvalue weighted by Crippen LogP contribution is 2.40. The second-order valence-electron chi connectivity index (χ2n) is 6.65. The first-order chi connectivity index (χ1) is 12.5. The number of hydrogen-bond acceptors (Lipinski definition) is 3. The van der Waals surface area contributed by atoms with Gasteiger partial charge in [0, 0.05) is 36.2 Å². The molecule has 0 N–H and O–H groups in total. The second-order valence-corrected chi connectivity index (χ2v) is 6.65. The van der Waals surface area contributed by atoms with Gasteiger partial charge in [-0.05, 0) is 61.7 Å². The van der Waals surface area contributed by atoms with E-state index in [0.29, 0.717) is 18.4 Å². The zero-order valence-electron chi connectivity index (χ0n) is 15.7. The molecule has 1 aromatic heterocycles. The normalized spacial score (nSPS) is 16.9. The number of carbonyl (C=O) groups excluding carboxylic acids is 1. The van der Waals surface area contributed by atoms with Crippen molar-refractivity contribution >= 4 is 11.4 Å². The molecule has 2 aromatic rings. The average Bonchev–Trinajstić information content (AvgIpc) is 2.63. The van der Waals surface area contributed by atoms with Gasteiger partial charge >= 0.3 is 0 Å². The Hall–Kier alpha value is -2.86. The molecular formula is C23H23NO2. The third-order valence-corrected chi connectivity index (χ3v) is 4.83. The first-order valence-electron chi connectivity index (χ1n) is 8.80. The van der Waals surface area contributed by atoms with Gasteiger partial charge in [0.1, 0.15) is 5.76 Å². The van der Waals surface area contributed by atoms with Gasteiger partial charge in [-0.25, -0.2) is 0 Å². The number of allylic oxidation sites excluding steroid dienone is 2. The highest BCUT2D eigenvalue weighted by molar-refractivity contribution is 6.23. The Morgan fingerprint density at radius 3 is 2.46 bits per heavy atom. The maximum atomic E-state index is 13.1. The number of pyridine rings is 1. The van der Waals surface area contributed by atoms with Crippen molar-refractivity contribution in [1.29, 1.82) is 0 Å². The Balaban J connectivity index is 2.07. The van der Waals surface area contributed by atoms with Gasteiger partial charge in [0.05, 0.1) is 12.7 Å². The molecule has 132 valence electrons. The number of aromatic nitrogens is 1. The molecule has 0 bridgehead atoms. The molecule has 0 saturated heterocycles. The summed E-state index contributed by atoms with van der Waals surface area (Å²) < 4.78 is 5.67. The SMILES string of the molecule is CC#Cc1cc(C)c(C2=C(OC)CC(c3ccccn3)CC2=O)c(C)c1. The van der Waals surface area contributed by atoms with E-state index < -0.39 is 0 Å². The Morgan fingerprint density at radius 1 is 1.15 bits per heavy atom. The molecule has 0 saturated carbocycles. The molecule has 1 aliphatic carbocycles. The Morgan fingerprint density at radius 2 is 1.88 bits per heavy atom. The van der Waals surface area contributed by atoms with Gasteiger partial charge in [-0.1, -0.05) is 12.0 Å². The number of ether oxygens (including phenoxy) is 1. The van der Waals surface area contributed by atoms with E-state index in [1.54, 1.807) is 13.3 Å². The van der Waals surface area contributed by atoms with E-state index in [-0.39, 0.29) is 11.7 Å². The van der Waals surface area contributed by atoms with E-state index in [2.05, 4.69) is 16.8 Å². The van der Waals surface area contributed by atoms with Gasteiger partial charge in [-0.3, -0.25) is 9.78 Å². The molecule has 0 amide bonds. The molecule has 26 heavy (non-hydrogen) atoms. The molecule has 3 heteroatoms. The molecule has 0 radical (unpaired) electrons. The third-order valence-electron chi connectivity index (χ3n) is 4.83. The van der Waals surface area contributed by atoms with Gasteiger partial charge in [0.2, 0.25) is 0 Å². The van der Waals surface area contributed by atoms with Crippen molar-refractivity contribution < 1.29 is 9.53 Å². The fourth-order valence-corrected chi connectivity index (χ4v) is 3.74. The first-order valence-corrected chi connectivity index (χ1v) is 8.80. The van der Waals surface area contributed by atoms with Crippen molar-refractivity contribution in [2.24, 2.45) is 0 Å². The lowest BCUT2D eigenvalue weighted by Crippen LogP contribution is -2.20. The lowest BCUT2D eigenvalue weighted by Gasteiger charge is -2.27. The van der Waals surface area contributed by atoms with Crippen molar-refractivity contribution in [1.82, 2.24) is 4.98 Å². The number of carbonyl (C=O) groups is 1. The number of methoxy groups -OCH3 is 1. The predicted octanol–water partition coefficient (Wildman–Crippen LogP) is 4.57. The highest BCUT2D eigenvalue weighted by Gasteiger charge is 2.32. The number of hydrogen-bond donors (Lipinski definition) is 0. The van der Waals surface area contributed by atoms with Crippen LogP contribution in [0.5, 0.6) is 0 Å².